The van der Waals surface area contributed by atoms with E-state index < -0.39 is 0 Å². The zero-order chi connectivity index (χ0) is 12.5. The number of hydrazine groups is 1. The average Bonchev–Trinajstić information content (AvgIpc) is 2.76. The second kappa shape index (κ2) is 4.94. The van der Waals surface area contributed by atoms with Crippen molar-refractivity contribution in [2.75, 3.05) is 13.1 Å². The molecule has 0 aromatic carbocycles. The van der Waals surface area contributed by atoms with Gasteiger partial charge in [-0.2, -0.15) is 0 Å². The second-order valence-electron chi connectivity index (χ2n) is 6.23. The fourth-order valence-corrected chi connectivity index (χ4v) is 3.53. The minimum atomic E-state index is -0.390. The molecule has 0 aromatic rings. The Balaban J connectivity index is 2.00. The number of hydrogen-bond acceptors (Lipinski definition) is 3. The van der Waals surface area contributed by atoms with E-state index in [0.29, 0.717) is 6.04 Å². The van der Waals surface area contributed by atoms with E-state index in [2.05, 4.69) is 10.3 Å². The van der Waals surface area contributed by atoms with Crippen molar-refractivity contribution in [3.05, 3.63) is 0 Å². The summed E-state index contributed by atoms with van der Waals surface area (Å²) in [6.07, 6.45) is 6.71. The lowest BCUT2D eigenvalue weighted by Crippen LogP contribution is -2.52. The first-order valence-corrected chi connectivity index (χ1v) is 6.80. The number of nitrogens with two attached hydrogens (primary N) is 1. The topological polar surface area (TPSA) is 58.4 Å². The molecule has 1 saturated heterocycles. The molecule has 98 valence electrons. The maximum absolute atomic E-state index is 11.7. The smallest absolute Gasteiger partial charge is 0.240 e. The summed E-state index contributed by atoms with van der Waals surface area (Å²) in [5.74, 6) is 6.07. The van der Waals surface area contributed by atoms with Crippen molar-refractivity contribution >= 4 is 5.91 Å². The van der Waals surface area contributed by atoms with Crippen LogP contribution in [0.5, 0.6) is 0 Å². The van der Waals surface area contributed by atoms with Gasteiger partial charge in [-0.1, -0.05) is 6.42 Å². The first-order valence-electron chi connectivity index (χ1n) is 6.80. The number of carbonyl (C=O) groups excluding carboxylic acids is 1. The molecule has 4 heteroatoms. The summed E-state index contributed by atoms with van der Waals surface area (Å²) in [6, 6.07) is 0.716. The summed E-state index contributed by atoms with van der Waals surface area (Å²) >= 11 is 0. The fourth-order valence-electron chi connectivity index (χ4n) is 3.53. The minimum Gasteiger partial charge on any atom is -0.299 e. The normalized spacial score (nSPS) is 30.1. The van der Waals surface area contributed by atoms with Gasteiger partial charge >= 0.3 is 0 Å². The summed E-state index contributed by atoms with van der Waals surface area (Å²) in [6.45, 7) is 5.93. The van der Waals surface area contributed by atoms with Gasteiger partial charge in [-0.05, 0) is 52.0 Å². The second-order valence-corrected chi connectivity index (χ2v) is 6.23. The Morgan fingerprint density at radius 3 is 2.76 bits per heavy atom. The van der Waals surface area contributed by atoms with Gasteiger partial charge in [0.25, 0.3) is 0 Å². The van der Waals surface area contributed by atoms with Gasteiger partial charge in [0.15, 0.2) is 0 Å². The van der Waals surface area contributed by atoms with Gasteiger partial charge in [-0.25, -0.2) is 5.84 Å². The number of piperidine rings is 1. The summed E-state index contributed by atoms with van der Waals surface area (Å²) in [7, 11) is 0. The van der Waals surface area contributed by atoms with E-state index in [9.17, 15) is 4.79 Å². The number of amides is 1. The molecule has 1 saturated carbocycles. The molecule has 0 radical (unpaired) electrons. The first kappa shape index (κ1) is 12.8. The predicted octanol–water partition coefficient (Wildman–Crippen LogP) is 1.27. The molecule has 2 fully saturated rings. The maximum atomic E-state index is 11.7. The minimum absolute atomic E-state index is 0.0578. The third kappa shape index (κ3) is 2.63. The van der Waals surface area contributed by atoms with Crippen LogP contribution in [0, 0.1) is 11.3 Å². The first-order chi connectivity index (χ1) is 8.04. The maximum Gasteiger partial charge on any atom is 0.240 e. The number of rotatable bonds is 3. The lowest BCUT2D eigenvalue weighted by molar-refractivity contribution is -0.131. The van der Waals surface area contributed by atoms with Gasteiger partial charge in [-0.3, -0.25) is 15.1 Å². The van der Waals surface area contributed by atoms with Gasteiger partial charge in [-0.15, -0.1) is 0 Å². The lowest BCUT2D eigenvalue weighted by Gasteiger charge is -2.41. The van der Waals surface area contributed by atoms with Crippen LogP contribution in [0.15, 0.2) is 0 Å². The Kier molecular flexibility index (Phi) is 3.73. The molecule has 1 amide bonds. The van der Waals surface area contributed by atoms with E-state index in [4.69, 9.17) is 5.84 Å². The van der Waals surface area contributed by atoms with Crippen molar-refractivity contribution in [1.29, 1.82) is 0 Å². The van der Waals surface area contributed by atoms with Gasteiger partial charge in [0.2, 0.25) is 5.91 Å². The Morgan fingerprint density at radius 2 is 2.06 bits per heavy atom. The van der Waals surface area contributed by atoms with E-state index in [0.717, 1.165) is 19.0 Å². The van der Waals surface area contributed by atoms with Crippen LogP contribution in [0.4, 0.5) is 0 Å². The summed E-state index contributed by atoms with van der Waals surface area (Å²) < 4.78 is 0. The van der Waals surface area contributed by atoms with Crippen LogP contribution >= 0.6 is 0 Å². The molecule has 2 aliphatic rings. The van der Waals surface area contributed by atoms with Gasteiger partial charge in [0, 0.05) is 12.6 Å². The van der Waals surface area contributed by atoms with E-state index in [1.807, 2.05) is 13.8 Å². The molecule has 2 unspecified atom stereocenters. The van der Waals surface area contributed by atoms with E-state index in [-0.39, 0.29) is 11.3 Å². The van der Waals surface area contributed by atoms with Crippen molar-refractivity contribution in [2.24, 2.45) is 17.2 Å². The van der Waals surface area contributed by atoms with Crippen molar-refractivity contribution in [3.8, 4) is 0 Å². The van der Waals surface area contributed by atoms with E-state index in [1.54, 1.807) is 0 Å². The Hall–Kier alpha value is -0.610. The summed E-state index contributed by atoms with van der Waals surface area (Å²) in [4.78, 5) is 14.3. The third-order valence-electron chi connectivity index (χ3n) is 4.45. The molecule has 0 bridgehead atoms. The van der Waals surface area contributed by atoms with Crippen LogP contribution in [0.3, 0.4) is 0 Å². The van der Waals surface area contributed by atoms with Crippen LogP contribution in [-0.2, 0) is 4.79 Å². The van der Waals surface area contributed by atoms with Crippen LogP contribution in [-0.4, -0.2) is 29.9 Å². The number of nitrogens with one attached hydrogen (secondary N) is 1. The highest BCUT2D eigenvalue weighted by molar-refractivity contribution is 5.81. The Labute approximate surface area is 104 Å². The molecule has 1 aliphatic heterocycles. The SMILES string of the molecule is CC(C)(CN1CCCC2CCCC21)C(=O)NN. The van der Waals surface area contributed by atoms with E-state index >= 15 is 0 Å². The summed E-state index contributed by atoms with van der Waals surface area (Å²) in [5.41, 5.74) is 1.90. The number of hydrogen-bond donors (Lipinski definition) is 2. The molecule has 4 nitrogen and oxygen atoms in total. The molecule has 0 spiro atoms. The Bertz CT molecular complexity index is 290. The standard InChI is InChI=1S/C13H25N3O/c1-13(2,12(17)15-14)9-16-8-4-6-10-5-3-7-11(10)16/h10-11H,3-9,14H2,1-2H3,(H,15,17). The van der Waals surface area contributed by atoms with Crippen molar-refractivity contribution < 1.29 is 4.79 Å². The zero-order valence-electron chi connectivity index (χ0n) is 11.0. The molecular formula is C13H25N3O. The predicted molar refractivity (Wildman–Crippen MR) is 68.0 cm³/mol. The van der Waals surface area contributed by atoms with Crippen LogP contribution in [0.25, 0.3) is 0 Å². The molecule has 1 heterocycles. The fraction of sp³-hybridized carbons (Fsp3) is 0.923. The largest absolute Gasteiger partial charge is 0.299 e. The average molecular weight is 239 g/mol. The number of carbonyl (C=O) groups is 1. The Morgan fingerprint density at radius 1 is 1.35 bits per heavy atom. The number of nitrogens with zero attached hydrogens (tertiary/aromatic N) is 1. The molecule has 2 rings (SSSR count). The quantitative estimate of drug-likeness (QED) is 0.443. The molecule has 0 aromatic heterocycles. The molecule has 17 heavy (non-hydrogen) atoms. The zero-order valence-corrected chi connectivity index (χ0v) is 11.0. The highest BCUT2D eigenvalue weighted by atomic mass is 16.2. The van der Waals surface area contributed by atoms with Crippen molar-refractivity contribution in [1.82, 2.24) is 10.3 Å². The van der Waals surface area contributed by atoms with Crippen LogP contribution in [0.1, 0.15) is 46.0 Å². The molecular weight excluding hydrogens is 214 g/mol. The lowest BCUT2D eigenvalue weighted by atomic mass is 9.86. The highest BCUT2D eigenvalue weighted by Crippen LogP contribution is 2.38. The molecule has 3 N–H and O–H groups in total. The van der Waals surface area contributed by atoms with Crippen molar-refractivity contribution in [2.45, 2.75) is 52.0 Å². The highest BCUT2D eigenvalue weighted by Gasteiger charge is 2.38. The van der Waals surface area contributed by atoms with Gasteiger partial charge in [0.05, 0.1) is 5.41 Å². The summed E-state index contributed by atoms with van der Waals surface area (Å²) in [5, 5.41) is 0. The van der Waals surface area contributed by atoms with Crippen LogP contribution < -0.4 is 11.3 Å². The van der Waals surface area contributed by atoms with Gasteiger partial charge in [0.1, 0.15) is 0 Å². The molecule has 1 aliphatic carbocycles. The van der Waals surface area contributed by atoms with Crippen molar-refractivity contribution in [3.63, 3.8) is 0 Å². The number of fused-ring (bicyclic) bond motifs is 1. The number of likely N-dealkylation sites (tertiary alicyclic amines) is 1. The van der Waals surface area contributed by atoms with E-state index in [1.165, 1.54) is 32.1 Å². The van der Waals surface area contributed by atoms with Crippen LogP contribution in [0.2, 0.25) is 0 Å². The molecule has 2 atom stereocenters. The third-order valence-corrected chi connectivity index (χ3v) is 4.45. The van der Waals surface area contributed by atoms with Gasteiger partial charge < -0.3 is 0 Å². The monoisotopic (exact) mass is 239 g/mol.